The van der Waals surface area contributed by atoms with E-state index in [9.17, 15) is 0 Å². The van der Waals surface area contributed by atoms with Crippen LogP contribution in [-0.2, 0) is 22.4 Å². The largest absolute Gasteiger partial charge is 0.448 e. The molecule has 5 nitrogen and oxygen atoms in total. The van der Waals surface area contributed by atoms with Crippen LogP contribution in [0.4, 0.5) is 0 Å². The van der Waals surface area contributed by atoms with E-state index in [1.807, 2.05) is 0 Å². The Balaban J connectivity index is 1.79. The standard InChI is InChI=1S/C13H22N2O3/c1-16-7-5-14-9-12-13(18-10-15-12)8-11-4-2-3-6-17-11/h10-11,14H,2-9H2,1H3. The molecule has 1 aromatic rings. The number of nitrogens with zero attached hydrogens (tertiary/aromatic N) is 1. The molecule has 0 spiro atoms. The Bertz CT molecular complexity index is 335. The van der Waals surface area contributed by atoms with Crippen LogP contribution in [0.3, 0.4) is 0 Å². The molecule has 0 bridgehead atoms. The van der Waals surface area contributed by atoms with Crippen molar-refractivity contribution in [3.8, 4) is 0 Å². The second-order valence-corrected chi connectivity index (χ2v) is 4.58. The smallest absolute Gasteiger partial charge is 0.181 e. The number of aromatic nitrogens is 1. The first-order chi connectivity index (χ1) is 8.90. The first-order valence-electron chi connectivity index (χ1n) is 6.62. The van der Waals surface area contributed by atoms with E-state index in [4.69, 9.17) is 13.9 Å². The average molecular weight is 254 g/mol. The van der Waals surface area contributed by atoms with Crippen molar-refractivity contribution in [2.45, 2.75) is 38.3 Å². The summed E-state index contributed by atoms with van der Waals surface area (Å²) in [6.45, 7) is 3.13. The van der Waals surface area contributed by atoms with Crippen LogP contribution in [0.2, 0.25) is 0 Å². The minimum Gasteiger partial charge on any atom is -0.448 e. The molecule has 1 N–H and O–H groups in total. The highest BCUT2D eigenvalue weighted by Crippen LogP contribution is 2.19. The van der Waals surface area contributed by atoms with Crippen LogP contribution in [-0.4, -0.2) is 38.0 Å². The van der Waals surface area contributed by atoms with Crippen LogP contribution in [0.25, 0.3) is 0 Å². The summed E-state index contributed by atoms with van der Waals surface area (Å²) >= 11 is 0. The van der Waals surface area contributed by atoms with Gasteiger partial charge in [-0.1, -0.05) is 0 Å². The molecule has 1 fully saturated rings. The van der Waals surface area contributed by atoms with Gasteiger partial charge in [-0.25, -0.2) is 4.98 Å². The zero-order valence-electron chi connectivity index (χ0n) is 11.0. The fourth-order valence-electron chi connectivity index (χ4n) is 2.16. The number of ether oxygens (including phenoxy) is 2. The quantitative estimate of drug-likeness (QED) is 0.748. The van der Waals surface area contributed by atoms with Gasteiger partial charge in [0.1, 0.15) is 5.76 Å². The van der Waals surface area contributed by atoms with Crippen LogP contribution in [0.1, 0.15) is 30.7 Å². The molecule has 0 saturated carbocycles. The third-order valence-corrected chi connectivity index (χ3v) is 3.19. The molecule has 18 heavy (non-hydrogen) atoms. The molecule has 1 saturated heterocycles. The van der Waals surface area contributed by atoms with Gasteiger partial charge in [0.2, 0.25) is 0 Å². The summed E-state index contributed by atoms with van der Waals surface area (Å²) in [6.07, 6.45) is 6.20. The number of rotatable bonds is 7. The van der Waals surface area contributed by atoms with Gasteiger partial charge in [-0.05, 0) is 19.3 Å². The first-order valence-corrected chi connectivity index (χ1v) is 6.62. The SMILES string of the molecule is COCCNCc1ncoc1CC1CCCCO1. The van der Waals surface area contributed by atoms with E-state index in [2.05, 4.69) is 10.3 Å². The monoisotopic (exact) mass is 254 g/mol. The van der Waals surface area contributed by atoms with Crippen LogP contribution in [0, 0.1) is 0 Å². The second-order valence-electron chi connectivity index (χ2n) is 4.58. The molecule has 2 heterocycles. The summed E-state index contributed by atoms with van der Waals surface area (Å²) in [6, 6.07) is 0. The summed E-state index contributed by atoms with van der Waals surface area (Å²) in [4.78, 5) is 4.25. The van der Waals surface area contributed by atoms with Crippen molar-refractivity contribution in [1.82, 2.24) is 10.3 Å². The molecule has 2 rings (SSSR count). The Morgan fingerprint density at radius 3 is 3.22 bits per heavy atom. The lowest BCUT2D eigenvalue weighted by molar-refractivity contribution is 0.0138. The van der Waals surface area contributed by atoms with E-state index in [1.54, 1.807) is 7.11 Å². The van der Waals surface area contributed by atoms with Gasteiger partial charge >= 0.3 is 0 Å². The zero-order chi connectivity index (χ0) is 12.6. The van der Waals surface area contributed by atoms with E-state index in [1.165, 1.54) is 19.2 Å². The van der Waals surface area contributed by atoms with Crippen LogP contribution >= 0.6 is 0 Å². The maximum absolute atomic E-state index is 5.72. The Hall–Kier alpha value is -0.910. The van der Waals surface area contributed by atoms with Crippen LogP contribution in [0.15, 0.2) is 10.8 Å². The third kappa shape index (κ3) is 4.08. The normalized spacial score (nSPS) is 20.2. The molecule has 1 aliphatic rings. The molecule has 1 unspecified atom stereocenters. The van der Waals surface area contributed by atoms with Gasteiger partial charge in [-0.15, -0.1) is 0 Å². The molecular formula is C13H22N2O3. The number of hydrogen-bond donors (Lipinski definition) is 1. The molecule has 1 atom stereocenters. The van der Waals surface area contributed by atoms with Gasteiger partial charge in [0.05, 0.1) is 18.4 Å². The van der Waals surface area contributed by atoms with Gasteiger partial charge in [0.25, 0.3) is 0 Å². The van der Waals surface area contributed by atoms with E-state index in [0.717, 1.165) is 44.0 Å². The number of hydrogen-bond acceptors (Lipinski definition) is 5. The minimum atomic E-state index is 0.296. The summed E-state index contributed by atoms with van der Waals surface area (Å²) < 4.78 is 16.2. The third-order valence-electron chi connectivity index (χ3n) is 3.19. The molecule has 0 radical (unpaired) electrons. The molecule has 0 aromatic carbocycles. The lowest BCUT2D eigenvalue weighted by Gasteiger charge is -2.21. The maximum Gasteiger partial charge on any atom is 0.181 e. The zero-order valence-corrected chi connectivity index (χ0v) is 11.0. The van der Waals surface area contributed by atoms with Gasteiger partial charge in [0, 0.05) is 33.2 Å². The van der Waals surface area contributed by atoms with Gasteiger partial charge in [-0.3, -0.25) is 0 Å². The Kier molecular flexibility index (Phi) is 5.64. The maximum atomic E-state index is 5.72. The minimum absolute atomic E-state index is 0.296. The number of nitrogens with one attached hydrogen (secondary N) is 1. The summed E-state index contributed by atoms with van der Waals surface area (Å²) in [5, 5.41) is 3.28. The van der Waals surface area contributed by atoms with Crippen molar-refractivity contribution in [1.29, 1.82) is 0 Å². The second kappa shape index (κ2) is 7.51. The molecule has 1 aromatic heterocycles. The van der Waals surface area contributed by atoms with Gasteiger partial charge in [0.15, 0.2) is 6.39 Å². The van der Waals surface area contributed by atoms with E-state index in [0.29, 0.717) is 12.7 Å². The molecule has 102 valence electrons. The fourth-order valence-corrected chi connectivity index (χ4v) is 2.16. The Morgan fingerprint density at radius 1 is 1.50 bits per heavy atom. The van der Waals surface area contributed by atoms with Crippen molar-refractivity contribution in [3.05, 3.63) is 17.8 Å². The summed E-state index contributed by atoms with van der Waals surface area (Å²) in [5.41, 5.74) is 0.986. The topological polar surface area (TPSA) is 56.5 Å². The molecule has 5 heteroatoms. The van der Waals surface area contributed by atoms with E-state index in [-0.39, 0.29) is 0 Å². The summed E-state index contributed by atoms with van der Waals surface area (Å²) in [7, 11) is 1.70. The predicted molar refractivity (Wildman–Crippen MR) is 67.4 cm³/mol. The average Bonchev–Trinajstić information content (AvgIpc) is 2.83. The highest BCUT2D eigenvalue weighted by molar-refractivity contribution is 5.08. The van der Waals surface area contributed by atoms with Crippen molar-refractivity contribution >= 4 is 0 Å². The Labute approximate surface area is 108 Å². The van der Waals surface area contributed by atoms with Crippen molar-refractivity contribution in [2.75, 3.05) is 26.9 Å². The van der Waals surface area contributed by atoms with E-state index >= 15 is 0 Å². The van der Waals surface area contributed by atoms with Gasteiger partial charge < -0.3 is 19.2 Å². The van der Waals surface area contributed by atoms with E-state index < -0.39 is 0 Å². The van der Waals surface area contributed by atoms with Crippen LogP contribution in [0.5, 0.6) is 0 Å². The fraction of sp³-hybridized carbons (Fsp3) is 0.769. The highest BCUT2D eigenvalue weighted by atomic mass is 16.5. The Morgan fingerprint density at radius 2 is 2.44 bits per heavy atom. The molecule has 0 aliphatic carbocycles. The lowest BCUT2D eigenvalue weighted by Crippen LogP contribution is -2.23. The summed E-state index contributed by atoms with van der Waals surface area (Å²) in [5.74, 6) is 0.951. The van der Waals surface area contributed by atoms with Crippen molar-refractivity contribution in [3.63, 3.8) is 0 Å². The van der Waals surface area contributed by atoms with Crippen molar-refractivity contribution < 1.29 is 13.9 Å². The molecule has 0 amide bonds. The van der Waals surface area contributed by atoms with Crippen molar-refractivity contribution in [2.24, 2.45) is 0 Å². The molecular weight excluding hydrogens is 232 g/mol. The predicted octanol–water partition coefficient (Wildman–Crippen LogP) is 1.52. The van der Waals surface area contributed by atoms with Crippen LogP contribution < -0.4 is 5.32 Å². The lowest BCUT2D eigenvalue weighted by atomic mass is 10.0. The van der Waals surface area contributed by atoms with Gasteiger partial charge in [-0.2, -0.15) is 0 Å². The highest BCUT2D eigenvalue weighted by Gasteiger charge is 2.18. The number of oxazole rings is 1. The first kappa shape index (κ1) is 13.5. The number of methoxy groups -OCH3 is 1. The molecule has 1 aliphatic heterocycles.